The van der Waals surface area contributed by atoms with Crippen LogP contribution >= 0.6 is 0 Å². The molecule has 1 N–H and O–H groups in total. The van der Waals surface area contributed by atoms with Gasteiger partial charge in [0.2, 0.25) is 5.91 Å². The molecule has 3 rings (SSSR count). The summed E-state index contributed by atoms with van der Waals surface area (Å²) in [7, 11) is 0. The molecule has 2 aromatic carbocycles. The highest BCUT2D eigenvalue weighted by molar-refractivity contribution is 5.98. The number of benzene rings is 2. The van der Waals surface area contributed by atoms with E-state index in [1.165, 1.54) is 16.7 Å². The monoisotopic (exact) mass is 392 g/mol. The van der Waals surface area contributed by atoms with Crippen molar-refractivity contribution in [2.75, 3.05) is 25.0 Å². The quantitative estimate of drug-likeness (QED) is 0.698. The van der Waals surface area contributed by atoms with E-state index in [9.17, 15) is 9.59 Å². The number of rotatable bonds is 7. The molecule has 29 heavy (non-hydrogen) atoms. The molecule has 0 atom stereocenters. The molecule has 1 amide bonds. The second-order valence-corrected chi connectivity index (χ2v) is 7.99. The van der Waals surface area contributed by atoms with Crippen LogP contribution in [0, 0.1) is 12.8 Å². The van der Waals surface area contributed by atoms with Crippen LogP contribution < -0.4 is 5.32 Å². The lowest BCUT2D eigenvalue weighted by atomic mass is 9.88. The Labute approximate surface area is 174 Å². The Morgan fingerprint density at radius 3 is 2.10 bits per heavy atom. The van der Waals surface area contributed by atoms with Gasteiger partial charge in [-0.3, -0.25) is 14.5 Å². The van der Waals surface area contributed by atoms with Crippen molar-refractivity contribution in [1.82, 2.24) is 4.90 Å². The van der Waals surface area contributed by atoms with Crippen molar-refractivity contribution in [3.8, 4) is 0 Å². The molecule has 1 heterocycles. The number of carbonyl (C=O) groups excluding carboxylic acids is 2. The second-order valence-electron chi connectivity index (χ2n) is 7.99. The molecule has 0 unspecified atom stereocenters. The molecule has 1 aliphatic rings. The van der Waals surface area contributed by atoms with Gasteiger partial charge in [-0.1, -0.05) is 61.9 Å². The molecule has 4 heteroatoms. The van der Waals surface area contributed by atoms with Gasteiger partial charge in [0.1, 0.15) is 0 Å². The molecule has 0 saturated carbocycles. The second kappa shape index (κ2) is 9.84. The van der Waals surface area contributed by atoms with E-state index in [2.05, 4.69) is 42.3 Å². The Hall–Kier alpha value is -2.46. The third kappa shape index (κ3) is 5.33. The Kier molecular flexibility index (Phi) is 7.21. The topological polar surface area (TPSA) is 49.4 Å². The number of para-hydroxylation sites is 1. The van der Waals surface area contributed by atoms with Crippen molar-refractivity contribution >= 4 is 17.4 Å². The van der Waals surface area contributed by atoms with Crippen molar-refractivity contribution in [2.45, 2.75) is 46.5 Å². The number of nitrogens with zero attached hydrogens (tertiary/aromatic N) is 1. The average molecular weight is 393 g/mol. The van der Waals surface area contributed by atoms with Gasteiger partial charge >= 0.3 is 0 Å². The number of aryl methyl sites for hydroxylation is 3. The van der Waals surface area contributed by atoms with Crippen molar-refractivity contribution in [3.05, 3.63) is 64.7 Å². The smallest absolute Gasteiger partial charge is 0.238 e. The van der Waals surface area contributed by atoms with Gasteiger partial charge in [-0.2, -0.15) is 0 Å². The summed E-state index contributed by atoms with van der Waals surface area (Å²) in [5.74, 6) is 0.326. The average Bonchev–Trinajstić information content (AvgIpc) is 2.74. The summed E-state index contributed by atoms with van der Waals surface area (Å²) >= 11 is 0. The first-order valence-electron chi connectivity index (χ1n) is 10.8. The fourth-order valence-electron chi connectivity index (χ4n) is 4.09. The molecule has 0 aromatic heterocycles. The Morgan fingerprint density at radius 2 is 1.55 bits per heavy atom. The molecule has 1 saturated heterocycles. The highest BCUT2D eigenvalue weighted by atomic mass is 16.2. The minimum Gasteiger partial charge on any atom is -0.324 e. The van der Waals surface area contributed by atoms with Gasteiger partial charge in [-0.05, 0) is 56.8 Å². The van der Waals surface area contributed by atoms with Crippen LogP contribution in [0.2, 0.25) is 0 Å². The number of anilines is 1. The van der Waals surface area contributed by atoms with Gasteiger partial charge in [0, 0.05) is 17.2 Å². The van der Waals surface area contributed by atoms with Crippen LogP contribution in [0.15, 0.2) is 42.5 Å². The molecule has 1 fully saturated rings. The van der Waals surface area contributed by atoms with Crippen molar-refractivity contribution in [1.29, 1.82) is 0 Å². The van der Waals surface area contributed by atoms with E-state index < -0.39 is 0 Å². The number of ketones is 1. The molecular weight excluding hydrogens is 360 g/mol. The first-order chi connectivity index (χ1) is 14.0. The van der Waals surface area contributed by atoms with Crippen LogP contribution in [0.25, 0.3) is 0 Å². The van der Waals surface area contributed by atoms with E-state index in [0.717, 1.165) is 50.0 Å². The number of carbonyl (C=O) groups is 2. The standard InChI is InChI=1S/C25H32N2O2/c1-4-19-7-6-8-20(5-2)24(19)26-23(28)17-27-15-13-22(14-16-27)25(29)21-11-9-18(3)10-12-21/h6-12,22H,4-5,13-17H2,1-3H3,(H,26,28). The van der Waals surface area contributed by atoms with Gasteiger partial charge < -0.3 is 5.32 Å². The molecule has 1 aliphatic heterocycles. The first kappa shape index (κ1) is 21.3. The number of nitrogens with one attached hydrogen (secondary N) is 1. The molecule has 0 aliphatic carbocycles. The van der Waals surface area contributed by atoms with Gasteiger partial charge in [0.25, 0.3) is 0 Å². The maximum absolute atomic E-state index is 12.7. The third-order valence-corrected chi connectivity index (χ3v) is 5.92. The number of piperidine rings is 1. The van der Waals surface area contributed by atoms with Crippen LogP contribution in [0.3, 0.4) is 0 Å². The summed E-state index contributed by atoms with van der Waals surface area (Å²) in [6, 6.07) is 14.1. The van der Waals surface area contributed by atoms with Gasteiger partial charge in [0.05, 0.1) is 6.54 Å². The molecule has 0 radical (unpaired) electrons. The summed E-state index contributed by atoms with van der Waals surface area (Å²) in [6.07, 6.45) is 3.42. The maximum Gasteiger partial charge on any atom is 0.238 e. The van der Waals surface area contributed by atoms with Gasteiger partial charge in [-0.25, -0.2) is 0 Å². The molecule has 0 spiro atoms. The Morgan fingerprint density at radius 1 is 0.966 bits per heavy atom. The number of hydrogen-bond acceptors (Lipinski definition) is 3. The predicted molar refractivity (Wildman–Crippen MR) is 119 cm³/mol. The highest BCUT2D eigenvalue weighted by Gasteiger charge is 2.26. The first-order valence-corrected chi connectivity index (χ1v) is 10.8. The van der Waals surface area contributed by atoms with Crippen LogP contribution in [0.5, 0.6) is 0 Å². The molecule has 2 aromatic rings. The zero-order chi connectivity index (χ0) is 20.8. The fraction of sp³-hybridized carbons (Fsp3) is 0.440. The number of likely N-dealkylation sites (tertiary alicyclic amines) is 1. The third-order valence-electron chi connectivity index (χ3n) is 5.92. The molecule has 4 nitrogen and oxygen atoms in total. The summed E-state index contributed by atoms with van der Waals surface area (Å²) in [6.45, 7) is 8.20. The number of amides is 1. The number of hydrogen-bond donors (Lipinski definition) is 1. The normalized spacial score (nSPS) is 15.3. The molecular formula is C25H32N2O2. The van der Waals surface area contributed by atoms with E-state index >= 15 is 0 Å². The molecule has 0 bridgehead atoms. The fourth-order valence-corrected chi connectivity index (χ4v) is 4.09. The van der Waals surface area contributed by atoms with Crippen molar-refractivity contribution in [3.63, 3.8) is 0 Å². The van der Waals surface area contributed by atoms with Crippen molar-refractivity contribution in [2.24, 2.45) is 5.92 Å². The Bertz CT molecular complexity index is 827. The van der Waals surface area contributed by atoms with Gasteiger partial charge in [-0.15, -0.1) is 0 Å². The van der Waals surface area contributed by atoms with Crippen LogP contribution in [0.1, 0.15) is 53.7 Å². The van der Waals surface area contributed by atoms with Crippen LogP contribution in [0.4, 0.5) is 5.69 Å². The van der Waals surface area contributed by atoms with E-state index in [1.807, 2.05) is 31.2 Å². The lowest BCUT2D eigenvalue weighted by molar-refractivity contribution is -0.117. The SMILES string of the molecule is CCc1cccc(CC)c1NC(=O)CN1CCC(C(=O)c2ccc(C)cc2)CC1. The van der Waals surface area contributed by atoms with Crippen molar-refractivity contribution < 1.29 is 9.59 Å². The summed E-state index contributed by atoms with van der Waals surface area (Å²) < 4.78 is 0. The van der Waals surface area contributed by atoms with E-state index in [0.29, 0.717) is 6.54 Å². The zero-order valence-electron chi connectivity index (χ0n) is 17.8. The van der Waals surface area contributed by atoms with E-state index in [-0.39, 0.29) is 17.6 Å². The predicted octanol–water partition coefficient (Wildman–Crippen LogP) is 4.65. The van der Waals surface area contributed by atoms with E-state index in [4.69, 9.17) is 0 Å². The zero-order valence-corrected chi connectivity index (χ0v) is 17.8. The highest BCUT2D eigenvalue weighted by Crippen LogP contribution is 2.24. The number of Topliss-reactive ketones (excluding diaryl/α,β-unsaturated/α-hetero) is 1. The van der Waals surface area contributed by atoms with Crippen LogP contribution in [-0.4, -0.2) is 36.2 Å². The lowest BCUT2D eigenvalue weighted by Crippen LogP contribution is -2.41. The summed E-state index contributed by atoms with van der Waals surface area (Å²) in [5, 5.41) is 3.15. The maximum atomic E-state index is 12.7. The minimum absolute atomic E-state index is 0.0314. The van der Waals surface area contributed by atoms with Gasteiger partial charge in [0.15, 0.2) is 5.78 Å². The summed E-state index contributed by atoms with van der Waals surface area (Å²) in [4.78, 5) is 27.6. The van der Waals surface area contributed by atoms with Crippen LogP contribution in [-0.2, 0) is 17.6 Å². The minimum atomic E-state index is 0.0314. The largest absolute Gasteiger partial charge is 0.324 e. The lowest BCUT2D eigenvalue weighted by Gasteiger charge is -2.31. The molecule has 154 valence electrons. The Balaban J connectivity index is 1.54. The van der Waals surface area contributed by atoms with E-state index in [1.54, 1.807) is 0 Å². The summed E-state index contributed by atoms with van der Waals surface area (Å²) in [5.41, 5.74) is 5.31.